The monoisotopic (exact) mass is 468 g/mol. The van der Waals surface area contributed by atoms with E-state index in [1.54, 1.807) is 38.5 Å². The zero-order valence-corrected chi connectivity index (χ0v) is 19.6. The van der Waals surface area contributed by atoms with Crippen molar-refractivity contribution in [2.45, 2.75) is 6.04 Å². The summed E-state index contributed by atoms with van der Waals surface area (Å²) in [5.74, 6) is 1.93. The Morgan fingerprint density at radius 1 is 0.971 bits per heavy atom. The largest absolute Gasteiger partial charge is 0.497 e. The number of benzene rings is 3. The first kappa shape index (κ1) is 22.2. The molecule has 0 saturated carbocycles. The average molecular weight is 469 g/mol. The number of hydrogen-bond acceptors (Lipinski definition) is 6. The Labute approximate surface area is 202 Å². The predicted octanol–water partition coefficient (Wildman–Crippen LogP) is 4.76. The van der Waals surface area contributed by atoms with Crippen LogP contribution in [0.25, 0.3) is 22.4 Å². The maximum atomic E-state index is 13.3. The van der Waals surface area contributed by atoms with Crippen LogP contribution >= 0.6 is 0 Å². The number of imidazole rings is 1. The molecule has 2 aromatic heterocycles. The molecule has 0 spiro atoms. The number of para-hydroxylation sites is 2. The van der Waals surface area contributed by atoms with Crippen LogP contribution in [0.4, 0.5) is 0 Å². The third-order valence-electron chi connectivity index (χ3n) is 5.90. The molecule has 0 aliphatic carbocycles. The maximum absolute atomic E-state index is 13.3. The first-order valence-corrected chi connectivity index (χ1v) is 11.1. The molecule has 0 saturated heterocycles. The highest BCUT2D eigenvalue weighted by Crippen LogP contribution is 2.34. The number of nitrogens with one attached hydrogen (secondary N) is 1. The van der Waals surface area contributed by atoms with Crippen molar-refractivity contribution in [1.29, 1.82) is 0 Å². The summed E-state index contributed by atoms with van der Waals surface area (Å²) in [6.45, 7) is 0. The van der Waals surface area contributed by atoms with Gasteiger partial charge in [0.15, 0.2) is 11.5 Å². The van der Waals surface area contributed by atoms with Crippen LogP contribution in [0.3, 0.4) is 0 Å². The molecule has 5 aromatic rings. The molecule has 0 radical (unpaired) electrons. The number of fused-ring (bicyclic) bond motifs is 1. The molecule has 3 aromatic carbocycles. The Kier molecular flexibility index (Phi) is 5.93. The van der Waals surface area contributed by atoms with Crippen molar-refractivity contribution in [3.05, 3.63) is 95.9 Å². The number of aromatic nitrogens is 3. The highest BCUT2D eigenvalue weighted by molar-refractivity contribution is 5.94. The number of aryl methyl sites for hydroxylation is 1. The zero-order valence-electron chi connectivity index (χ0n) is 19.6. The second kappa shape index (κ2) is 9.34. The molecule has 1 amide bonds. The van der Waals surface area contributed by atoms with E-state index in [-0.39, 0.29) is 11.6 Å². The minimum Gasteiger partial charge on any atom is -0.497 e. The summed E-state index contributed by atoms with van der Waals surface area (Å²) >= 11 is 0. The van der Waals surface area contributed by atoms with Crippen molar-refractivity contribution in [1.82, 2.24) is 20.0 Å². The number of hydrogen-bond donors (Lipinski definition) is 1. The van der Waals surface area contributed by atoms with Crippen LogP contribution in [-0.4, -0.2) is 34.8 Å². The van der Waals surface area contributed by atoms with Gasteiger partial charge in [-0.15, -0.1) is 0 Å². The first-order chi connectivity index (χ1) is 17.1. The van der Waals surface area contributed by atoms with Gasteiger partial charge in [0.2, 0.25) is 0 Å². The summed E-state index contributed by atoms with van der Waals surface area (Å²) in [6, 6.07) is 24.0. The molecule has 8 nitrogen and oxygen atoms in total. The highest BCUT2D eigenvalue weighted by atomic mass is 16.5. The van der Waals surface area contributed by atoms with Crippen LogP contribution < -0.4 is 14.8 Å². The Bertz CT molecular complexity index is 1490. The van der Waals surface area contributed by atoms with Gasteiger partial charge in [-0.1, -0.05) is 47.6 Å². The van der Waals surface area contributed by atoms with E-state index >= 15 is 0 Å². The summed E-state index contributed by atoms with van der Waals surface area (Å²) in [6.07, 6.45) is 0. The van der Waals surface area contributed by atoms with Gasteiger partial charge in [-0.2, -0.15) is 0 Å². The lowest BCUT2D eigenvalue weighted by molar-refractivity contribution is 0.0932. The fraction of sp³-hybridized carbons (Fsp3) is 0.148. The smallest absolute Gasteiger partial charge is 0.274 e. The lowest BCUT2D eigenvalue weighted by Gasteiger charge is -2.18. The molecule has 176 valence electrons. The predicted molar refractivity (Wildman–Crippen MR) is 132 cm³/mol. The number of rotatable bonds is 7. The third-order valence-corrected chi connectivity index (χ3v) is 5.90. The van der Waals surface area contributed by atoms with Gasteiger partial charge in [-0.05, 0) is 35.9 Å². The van der Waals surface area contributed by atoms with Gasteiger partial charge in [0.1, 0.15) is 23.4 Å². The molecule has 35 heavy (non-hydrogen) atoms. The lowest BCUT2D eigenvalue weighted by atomic mass is 10.1. The molecule has 1 N–H and O–H groups in total. The van der Waals surface area contributed by atoms with E-state index in [1.807, 2.05) is 66.2 Å². The van der Waals surface area contributed by atoms with Crippen LogP contribution in [-0.2, 0) is 7.05 Å². The summed E-state index contributed by atoms with van der Waals surface area (Å²) in [4.78, 5) is 18.1. The van der Waals surface area contributed by atoms with Crippen molar-refractivity contribution >= 4 is 16.9 Å². The summed E-state index contributed by atoms with van der Waals surface area (Å²) in [5.41, 5.74) is 3.51. The fourth-order valence-electron chi connectivity index (χ4n) is 4.09. The van der Waals surface area contributed by atoms with E-state index in [2.05, 4.69) is 10.5 Å². The topological polar surface area (TPSA) is 91.4 Å². The van der Waals surface area contributed by atoms with Crippen molar-refractivity contribution in [2.75, 3.05) is 14.2 Å². The number of ether oxygens (including phenoxy) is 2. The van der Waals surface area contributed by atoms with Crippen LogP contribution in [0, 0.1) is 0 Å². The fourth-order valence-corrected chi connectivity index (χ4v) is 4.09. The molecule has 0 fully saturated rings. The standard InChI is InChI=1S/C27H24N4O4/c1-31-22-12-8-7-11-20(22)28-26(31)25(17-9-5-4-6-10-17)29-27(32)21-16-24(35-30-21)19-15-18(33-2)13-14-23(19)34-3/h4-16,25H,1-3H3,(H,29,32). The van der Waals surface area contributed by atoms with E-state index in [0.717, 1.165) is 16.6 Å². The summed E-state index contributed by atoms with van der Waals surface area (Å²) < 4.78 is 18.2. The molecule has 0 aliphatic rings. The molecule has 0 aliphatic heterocycles. The van der Waals surface area contributed by atoms with E-state index < -0.39 is 6.04 Å². The lowest BCUT2D eigenvalue weighted by Crippen LogP contribution is -2.31. The molecule has 1 unspecified atom stereocenters. The maximum Gasteiger partial charge on any atom is 0.274 e. The van der Waals surface area contributed by atoms with Crippen molar-refractivity contribution < 1.29 is 18.8 Å². The Balaban J connectivity index is 1.49. The molecule has 1 atom stereocenters. The van der Waals surface area contributed by atoms with Gasteiger partial charge in [-0.25, -0.2) is 4.98 Å². The van der Waals surface area contributed by atoms with Crippen LogP contribution in [0.5, 0.6) is 11.5 Å². The zero-order chi connectivity index (χ0) is 24.4. The second-order valence-corrected chi connectivity index (χ2v) is 7.98. The van der Waals surface area contributed by atoms with E-state index in [1.165, 1.54) is 0 Å². The van der Waals surface area contributed by atoms with Gasteiger partial charge in [0, 0.05) is 13.1 Å². The normalized spacial score (nSPS) is 11.9. The van der Waals surface area contributed by atoms with Crippen LogP contribution in [0.2, 0.25) is 0 Å². The molecular formula is C27H24N4O4. The second-order valence-electron chi connectivity index (χ2n) is 7.98. The van der Waals surface area contributed by atoms with Crippen molar-refractivity contribution in [2.24, 2.45) is 7.05 Å². The Hall–Kier alpha value is -4.59. The highest BCUT2D eigenvalue weighted by Gasteiger charge is 2.25. The van der Waals surface area contributed by atoms with Crippen LogP contribution in [0.15, 0.2) is 83.4 Å². The molecule has 8 heteroatoms. The number of nitrogens with zero attached hydrogens (tertiary/aromatic N) is 3. The van der Waals surface area contributed by atoms with E-state index in [4.69, 9.17) is 19.0 Å². The SMILES string of the molecule is COc1ccc(OC)c(-c2cc(C(=O)NC(c3ccccc3)c3nc4ccccc4n3C)no2)c1. The van der Waals surface area contributed by atoms with Crippen molar-refractivity contribution in [3.63, 3.8) is 0 Å². The van der Waals surface area contributed by atoms with Crippen LogP contribution in [0.1, 0.15) is 27.9 Å². The van der Waals surface area contributed by atoms with Gasteiger partial charge in [0.05, 0.1) is 30.8 Å². The van der Waals surface area contributed by atoms with E-state index in [0.29, 0.717) is 28.6 Å². The third kappa shape index (κ3) is 4.21. The number of carbonyl (C=O) groups excluding carboxylic acids is 1. The average Bonchev–Trinajstić information content (AvgIpc) is 3.53. The Morgan fingerprint density at radius 2 is 1.74 bits per heavy atom. The summed E-state index contributed by atoms with van der Waals surface area (Å²) in [5, 5.41) is 7.10. The molecule has 0 bridgehead atoms. The minimum absolute atomic E-state index is 0.143. The van der Waals surface area contributed by atoms with E-state index in [9.17, 15) is 4.79 Å². The van der Waals surface area contributed by atoms with Gasteiger partial charge < -0.3 is 23.9 Å². The Morgan fingerprint density at radius 3 is 2.49 bits per heavy atom. The number of carbonyl (C=O) groups is 1. The van der Waals surface area contributed by atoms with Crippen molar-refractivity contribution in [3.8, 4) is 22.8 Å². The quantitative estimate of drug-likeness (QED) is 0.370. The minimum atomic E-state index is -0.493. The molecular weight excluding hydrogens is 444 g/mol. The number of amides is 1. The molecule has 5 rings (SSSR count). The van der Waals surface area contributed by atoms with Gasteiger partial charge >= 0.3 is 0 Å². The van der Waals surface area contributed by atoms with Gasteiger partial charge in [-0.3, -0.25) is 4.79 Å². The summed E-state index contributed by atoms with van der Waals surface area (Å²) in [7, 11) is 5.09. The molecule has 2 heterocycles. The van der Waals surface area contributed by atoms with Gasteiger partial charge in [0.25, 0.3) is 5.91 Å². The number of methoxy groups -OCH3 is 2. The first-order valence-electron chi connectivity index (χ1n) is 11.1.